The van der Waals surface area contributed by atoms with E-state index in [0.717, 1.165) is 5.56 Å². The molecule has 0 fully saturated rings. The van der Waals surface area contributed by atoms with Crippen LogP contribution in [0.15, 0.2) is 60.9 Å². The average Bonchev–Trinajstić information content (AvgIpc) is 2.87. The summed E-state index contributed by atoms with van der Waals surface area (Å²) in [6.07, 6.45) is 2.88. The Hall–Kier alpha value is -3.83. The van der Waals surface area contributed by atoms with Crippen LogP contribution < -0.4 is 14.8 Å². The molecule has 2 heterocycles. The van der Waals surface area contributed by atoms with Crippen LogP contribution in [0.5, 0.6) is 11.6 Å². The van der Waals surface area contributed by atoms with E-state index >= 15 is 0 Å². The summed E-state index contributed by atoms with van der Waals surface area (Å²) < 4.78 is 64.4. The predicted octanol–water partition coefficient (Wildman–Crippen LogP) is 5.37. The molecule has 1 unspecified atom stereocenters. The molecule has 0 saturated carbocycles. The lowest BCUT2D eigenvalue weighted by molar-refractivity contribution is 0.401. The highest BCUT2D eigenvalue weighted by atomic mass is 32.2. The van der Waals surface area contributed by atoms with Gasteiger partial charge in [0.05, 0.1) is 22.6 Å². The standard InChI is InChI=1S/C24H20F3N5O2S/c1-14-5-7-15(8-6-14)13-35(33)32-22-17(25)12-19(20(26)21(22)27)34-23-16(4-3-10-29-23)18-9-11-30-24(28-2)31-18/h3-12,32H,13H2,1-2H3,(H,28,30,31). The summed E-state index contributed by atoms with van der Waals surface area (Å²) >= 11 is -1.90. The summed E-state index contributed by atoms with van der Waals surface area (Å²) in [6.45, 7) is 1.90. The van der Waals surface area contributed by atoms with Crippen molar-refractivity contribution in [3.8, 4) is 22.9 Å². The summed E-state index contributed by atoms with van der Waals surface area (Å²) in [6, 6.07) is 12.6. The van der Waals surface area contributed by atoms with Gasteiger partial charge >= 0.3 is 0 Å². The van der Waals surface area contributed by atoms with Crippen LogP contribution in [0.25, 0.3) is 11.3 Å². The quantitative estimate of drug-likeness (QED) is 0.248. The van der Waals surface area contributed by atoms with Gasteiger partial charge in [-0.1, -0.05) is 29.8 Å². The van der Waals surface area contributed by atoms with Gasteiger partial charge < -0.3 is 14.6 Å². The SMILES string of the molecule is CNc1nccc(-c2cccnc2Oc2cc(F)c(N[S+]([O-])Cc3ccc(C)cc3)c(F)c2F)n1. The first-order valence-corrected chi connectivity index (χ1v) is 11.7. The van der Waals surface area contributed by atoms with Crippen molar-refractivity contribution in [1.82, 2.24) is 15.0 Å². The molecule has 4 rings (SSSR count). The fraction of sp³-hybridized carbons (Fsp3) is 0.125. The van der Waals surface area contributed by atoms with Crippen LogP contribution in [0.2, 0.25) is 0 Å². The lowest BCUT2D eigenvalue weighted by Gasteiger charge is -2.16. The third-order valence-corrected chi connectivity index (χ3v) is 5.92. The highest BCUT2D eigenvalue weighted by molar-refractivity contribution is 7.91. The number of rotatable bonds is 8. The van der Waals surface area contributed by atoms with Gasteiger partial charge in [-0.15, -0.1) is 0 Å². The van der Waals surface area contributed by atoms with Gasteiger partial charge in [0.25, 0.3) is 0 Å². The molecular formula is C24H20F3N5O2S. The van der Waals surface area contributed by atoms with E-state index in [0.29, 0.717) is 28.8 Å². The van der Waals surface area contributed by atoms with Crippen molar-refractivity contribution in [2.75, 3.05) is 17.1 Å². The van der Waals surface area contributed by atoms with E-state index in [1.165, 1.54) is 12.4 Å². The molecule has 7 nitrogen and oxygen atoms in total. The molecule has 2 N–H and O–H groups in total. The van der Waals surface area contributed by atoms with Gasteiger partial charge in [0.15, 0.2) is 28.8 Å². The van der Waals surface area contributed by atoms with Crippen molar-refractivity contribution in [2.24, 2.45) is 0 Å². The molecule has 180 valence electrons. The monoisotopic (exact) mass is 499 g/mol. The molecule has 0 bridgehead atoms. The number of halogens is 3. The van der Waals surface area contributed by atoms with Gasteiger partial charge in [0, 0.05) is 31.1 Å². The predicted molar refractivity (Wildman–Crippen MR) is 128 cm³/mol. The number of ether oxygens (including phenoxy) is 1. The highest BCUT2D eigenvalue weighted by Gasteiger charge is 2.25. The second-order valence-corrected chi connectivity index (χ2v) is 8.59. The van der Waals surface area contributed by atoms with Crippen molar-refractivity contribution in [3.63, 3.8) is 0 Å². The molecule has 2 aromatic carbocycles. The summed E-state index contributed by atoms with van der Waals surface area (Å²) in [5, 5.41) is 2.80. The number of anilines is 2. The largest absolute Gasteiger partial charge is 0.593 e. The Bertz CT molecular complexity index is 1340. The van der Waals surface area contributed by atoms with Crippen molar-refractivity contribution in [3.05, 3.63) is 89.5 Å². The Morgan fingerprint density at radius 1 is 1.00 bits per heavy atom. The number of pyridine rings is 1. The van der Waals surface area contributed by atoms with Crippen LogP contribution in [0.4, 0.5) is 24.8 Å². The summed E-state index contributed by atoms with van der Waals surface area (Å²) in [7, 11) is 1.64. The van der Waals surface area contributed by atoms with Crippen molar-refractivity contribution in [1.29, 1.82) is 0 Å². The lowest BCUT2D eigenvalue weighted by atomic mass is 10.2. The van der Waals surface area contributed by atoms with E-state index in [1.807, 2.05) is 19.1 Å². The molecule has 11 heteroatoms. The van der Waals surface area contributed by atoms with Crippen molar-refractivity contribution < 1.29 is 22.5 Å². The fourth-order valence-corrected chi connectivity index (χ4v) is 4.11. The number of hydrogen-bond acceptors (Lipinski definition) is 7. The average molecular weight is 500 g/mol. The van der Waals surface area contributed by atoms with Crippen LogP contribution in [0.3, 0.4) is 0 Å². The molecule has 0 aliphatic carbocycles. The van der Waals surface area contributed by atoms with Gasteiger partial charge in [-0.05, 0) is 25.1 Å². The number of aryl methyl sites for hydroxylation is 1. The third kappa shape index (κ3) is 5.64. The normalized spacial score (nSPS) is 11.7. The van der Waals surface area contributed by atoms with Gasteiger partial charge in [-0.3, -0.25) is 0 Å². The maximum absolute atomic E-state index is 14.8. The zero-order valence-electron chi connectivity index (χ0n) is 18.7. The zero-order chi connectivity index (χ0) is 24.9. The molecule has 0 amide bonds. The van der Waals surface area contributed by atoms with Crippen LogP contribution >= 0.6 is 0 Å². The fourth-order valence-electron chi connectivity index (χ4n) is 3.13. The number of nitrogens with one attached hydrogen (secondary N) is 2. The van der Waals surface area contributed by atoms with Gasteiger partial charge in [0.1, 0.15) is 0 Å². The van der Waals surface area contributed by atoms with E-state index in [-0.39, 0.29) is 11.6 Å². The zero-order valence-corrected chi connectivity index (χ0v) is 19.5. The van der Waals surface area contributed by atoms with Crippen LogP contribution in [-0.4, -0.2) is 26.6 Å². The first-order chi connectivity index (χ1) is 16.9. The maximum atomic E-state index is 14.8. The van der Waals surface area contributed by atoms with Crippen molar-refractivity contribution >= 4 is 23.0 Å². The molecule has 35 heavy (non-hydrogen) atoms. The topological polar surface area (TPSA) is 95.0 Å². The molecule has 2 aromatic heterocycles. The molecular weight excluding hydrogens is 479 g/mol. The second kappa shape index (κ2) is 10.6. The van der Waals surface area contributed by atoms with Crippen LogP contribution in [0.1, 0.15) is 11.1 Å². The molecule has 1 atom stereocenters. The molecule has 0 radical (unpaired) electrons. The molecule has 4 aromatic rings. The van der Waals surface area contributed by atoms with E-state index in [4.69, 9.17) is 4.74 Å². The molecule has 0 aliphatic rings. The van der Waals surface area contributed by atoms with E-state index in [2.05, 4.69) is 25.0 Å². The molecule has 0 aliphatic heterocycles. The maximum Gasteiger partial charge on any atom is 0.228 e. The first kappa shape index (κ1) is 24.3. The van der Waals surface area contributed by atoms with E-state index in [9.17, 15) is 17.7 Å². The first-order valence-electron chi connectivity index (χ1n) is 10.4. The smallest absolute Gasteiger partial charge is 0.228 e. The number of nitrogens with zero attached hydrogens (tertiary/aromatic N) is 3. The minimum Gasteiger partial charge on any atom is -0.593 e. The third-order valence-electron chi connectivity index (χ3n) is 4.89. The summed E-state index contributed by atoms with van der Waals surface area (Å²) in [5.41, 5.74) is 1.61. The van der Waals surface area contributed by atoms with Gasteiger partial charge in [0.2, 0.25) is 17.6 Å². The Morgan fingerprint density at radius 3 is 2.51 bits per heavy atom. The minimum atomic E-state index is -1.90. The Kier molecular flexibility index (Phi) is 7.37. The number of hydrogen-bond donors (Lipinski definition) is 2. The van der Waals surface area contributed by atoms with Gasteiger partial charge in [-0.25, -0.2) is 28.5 Å². The summed E-state index contributed by atoms with van der Waals surface area (Å²) in [4.78, 5) is 12.4. The van der Waals surface area contributed by atoms with E-state index in [1.54, 1.807) is 37.4 Å². The van der Waals surface area contributed by atoms with Crippen LogP contribution in [0, 0.1) is 24.4 Å². The number of aromatic nitrogens is 3. The highest BCUT2D eigenvalue weighted by Crippen LogP contribution is 2.35. The second-order valence-electron chi connectivity index (χ2n) is 7.41. The Labute approximate surface area is 202 Å². The van der Waals surface area contributed by atoms with Crippen molar-refractivity contribution in [2.45, 2.75) is 12.7 Å². The lowest BCUT2D eigenvalue weighted by Crippen LogP contribution is -2.18. The van der Waals surface area contributed by atoms with E-state index < -0.39 is 40.3 Å². The van der Waals surface area contributed by atoms with Gasteiger partial charge in [-0.2, -0.15) is 4.39 Å². The Morgan fingerprint density at radius 2 is 1.77 bits per heavy atom. The minimum absolute atomic E-state index is 0.0239. The summed E-state index contributed by atoms with van der Waals surface area (Å²) in [5.74, 6) is -4.73. The van der Waals surface area contributed by atoms with Crippen LogP contribution in [-0.2, 0) is 17.1 Å². The molecule has 0 spiro atoms. The Balaban J connectivity index is 1.58. The number of benzene rings is 2. The molecule has 0 saturated heterocycles.